The van der Waals surface area contributed by atoms with Gasteiger partial charge in [-0.25, -0.2) is 0 Å². The van der Waals surface area contributed by atoms with E-state index in [2.05, 4.69) is 5.16 Å². The fourth-order valence-electron chi connectivity index (χ4n) is 1.27. The molecule has 4 nitrogen and oxygen atoms in total. The smallest absolute Gasteiger partial charge is 0.179 e. The van der Waals surface area contributed by atoms with E-state index in [1.165, 1.54) is 6.21 Å². The standard InChI is InChI=1S/C9H8ClNO3/c10-7-3-6(5-11-12)4-8-9(7)14-2-1-13-8/h3-5,12H,1-2H2. The summed E-state index contributed by atoms with van der Waals surface area (Å²) in [4.78, 5) is 0. The monoisotopic (exact) mass is 213 g/mol. The van der Waals surface area contributed by atoms with Gasteiger partial charge in [0.15, 0.2) is 11.5 Å². The van der Waals surface area contributed by atoms with Crippen molar-refractivity contribution >= 4 is 17.8 Å². The lowest BCUT2D eigenvalue weighted by Gasteiger charge is -2.19. The van der Waals surface area contributed by atoms with Crippen molar-refractivity contribution in [2.75, 3.05) is 13.2 Å². The Bertz CT molecular complexity index is 379. The van der Waals surface area contributed by atoms with Crippen LogP contribution in [-0.4, -0.2) is 24.6 Å². The number of oxime groups is 1. The minimum absolute atomic E-state index is 0.456. The van der Waals surface area contributed by atoms with Gasteiger partial charge >= 0.3 is 0 Å². The molecule has 1 aliphatic rings. The van der Waals surface area contributed by atoms with Gasteiger partial charge in [0, 0.05) is 5.56 Å². The van der Waals surface area contributed by atoms with E-state index >= 15 is 0 Å². The summed E-state index contributed by atoms with van der Waals surface area (Å²) in [6, 6.07) is 3.36. The summed E-state index contributed by atoms with van der Waals surface area (Å²) in [5.41, 5.74) is 0.668. The number of fused-ring (bicyclic) bond motifs is 1. The van der Waals surface area contributed by atoms with Gasteiger partial charge in [-0.15, -0.1) is 0 Å². The van der Waals surface area contributed by atoms with Gasteiger partial charge in [-0.05, 0) is 12.1 Å². The minimum atomic E-state index is 0.456. The molecule has 1 heterocycles. The largest absolute Gasteiger partial charge is 0.486 e. The highest BCUT2D eigenvalue weighted by molar-refractivity contribution is 6.32. The normalized spacial score (nSPS) is 14.6. The fourth-order valence-corrected chi connectivity index (χ4v) is 1.55. The van der Waals surface area contributed by atoms with E-state index in [0.29, 0.717) is 35.3 Å². The molecule has 5 heteroatoms. The predicted molar refractivity (Wildman–Crippen MR) is 51.8 cm³/mol. The summed E-state index contributed by atoms with van der Waals surface area (Å²) in [6.45, 7) is 1.00. The van der Waals surface area contributed by atoms with E-state index < -0.39 is 0 Å². The molecule has 1 aliphatic heterocycles. The summed E-state index contributed by atoms with van der Waals surface area (Å²) >= 11 is 5.93. The quantitative estimate of drug-likeness (QED) is 0.441. The predicted octanol–water partition coefficient (Wildman–Crippen LogP) is 1.92. The Morgan fingerprint density at radius 3 is 2.93 bits per heavy atom. The number of ether oxygens (including phenoxy) is 2. The summed E-state index contributed by atoms with van der Waals surface area (Å²) in [5.74, 6) is 1.13. The van der Waals surface area contributed by atoms with Gasteiger partial charge in [0.1, 0.15) is 13.2 Å². The highest BCUT2D eigenvalue weighted by Gasteiger charge is 2.15. The van der Waals surface area contributed by atoms with E-state index in [-0.39, 0.29) is 0 Å². The Balaban J connectivity index is 2.46. The summed E-state index contributed by atoms with van der Waals surface area (Å²) in [6.07, 6.45) is 1.28. The van der Waals surface area contributed by atoms with Crippen molar-refractivity contribution < 1.29 is 14.7 Å². The lowest BCUT2D eigenvalue weighted by Crippen LogP contribution is -2.15. The van der Waals surface area contributed by atoms with Crippen molar-refractivity contribution in [3.63, 3.8) is 0 Å². The highest BCUT2D eigenvalue weighted by Crippen LogP contribution is 2.37. The molecule has 0 bridgehead atoms. The Hall–Kier alpha value is -1.42. The SMILES string of the molecule is ON=Cc1cc(Cl)c2c(c1)OCCO2. The van der Waals surface area contributed by atoms with Gasteiger partial charge in [-0.2, -0.15) is 0 Å². The number of rotatable bonds is 1. The van der Waals surface area contributed by atoms with Crippen LogP contribution in [0, 0.1) is 0 Å². The van der Waals surface area contributed by atoms with Crippen molar-refractivity contribution in [3.05, 3.63) is 22.7 Å². The van der Waals surface area contributed by atoms with Crippen LogP contribution in [0.15, 0.2) is 17.3 Å². The van der Waals surface area contributed by atoms with Crippen LogP contribution in [0.1, 0.15) is 5.56 Å². The first-order valence-electron chi connectivity index (χ1n) is 4.08. The van der Waals surface area contributed by atoms with Crippen LogP contribution in [0.2, 0.25) is 5.02 Å². The second-order valence-electron chi connectivity index (χ2n) is 2.77. The molecule has 0 amide bonds. The van der Waals surface area contributed by atoms with Gasteiger partial charge in [0.25, 0.3) is 0 Å². The van der Waals surface area contributed by atoms with E-state index in [1.807, 2.05) is 0 Å². The molecule has 14 heavy (non-hydrogen) atoms. The molecule has 1 aromatic carbocycles. The Labute approximate surface area is 85.7 Å². The molecule has 0 radical (unpaired) electrons. The number of nitrogens with zero attached hydrogens (tertiary/aromatic N) is 1. The Morgan fingerprint density at radius 1 is 1.36 bits per heavy atom. The second-order valence-corrected chi connectivity index (χ2v) is 3.18. The van der Waals surface area contributed by atoms with Crippen LogP contribution < -0.4 is 9.47 Å². The van der Waals surface area contributed by atoms with Gasteiger partial charge in [0.05, 0.1) is 11.2 Å². The fraction of sp³-hybridized carbons (Fsp3) is 0.222. The third kappa shape index (κ3) is 1.61. The molecular formula is C9H8ClNO3. The maximum atomic E-state index is 8.37. The van der Waals surface area contributed by atoms with Crippen LogP contribution >= 0.6 is 11.6 Å². The van der Waals surface area contributed by atoms with Gasteiger partial charge in [-0.1, -0.05) is 16.8 Å². The zero-order chi connectivity index (χ0) is 9.97. The molecule has 0 aliphatic carbocycles. The van der Waals surface area contributed by atoms with Crippen LogP contribution in [0.25, 0.3) is 0 Å². The van der Waals surface area contributed by atoms with Gasteiger partial charge < -0.3 is 14.7 Å². The molecule has 1 N–H and O–H groups in total. The topological polar surface area (TPSA) is 51.1 Å². The lowest BCUT2D eigenvalue weighted by atomic mass is 10.2. The van der Waals surface area contributed by atoms with Gasteiger partial charge in [0.2, 0.25) is 0 Å². The number of benzene rings is 1. The third-order valence-electron chi connectivity index (χ3n) is 1.83. The summed E-state index contributed by atoms with van der Waals surface area (Å²) < 4.78 is 10.7. The molecule has 0 atom stereocenters. The number of hydrogen-bond acceptors (Lipinski definition) is 4. The molecular weight excluding hydrogens is 206 g/mol. The highest BCUT2D eigenvalue weighted by atomic mass is 35.5. The van der Waals surface area contributed by atoms with Crippen LogP contribution in [0.3, 0.4) is 0 Å². The molecule has 2 rings (SSSR count). The first-order chi connectivity index (χ1) is 6.81. The summed E-state index contributed by atoms with van der Waals surface area (Å²) in [5, 5.41) is 11.7. The molecule has 0 saturated heterocycles. The van der Waals surface area contributed by atoms with E-state index in [4.69, 9.17) is 26.3 Å². The van der Waals surface area contributed by atoms with E-state index in [1.54, 1.807) is 12.1 Å². The van der Waals surface area contributed by atoms with Crippen molar-refractivity contribution in [1.82, 2.24) is 0 Å². The molecule has 0 unspecified atom stereocenters. The average Bonchev–Trinajstić information content (AvgIpc) is 2.18. The first kappa shape index (κ1) is 9.15. The molecule has 1 aromatic rings. The minimum Gasteiger partial charge on any atom is -0.486 e. The van der Waals surface area contributed by atoms with Crippen LogP contribution in [0.5, 0.6) is 11.5 Å². The molecule has 0 spiro atoms. The maximum absolute atomic E-state index is 8.37. The van der Waals surface area contributed by atoms with E-state index in [0.717, 1.165) is 0 Å². The zero-order valence-electron chi connectivity index (χ0n) is 7.24. The van der Waals surface area contributed by atoms with Crippen molar-refractivity contribution in [2.45, 2.75) is 0 Å². The van der Waals surface area contributed by atoms with Crippen LogP contribution in [0.4, 0.5) is 0 Å². The molecule has 74 valence electrons. The summed E-state index contributed by atoms with van der Waals surface area (Å²) in [7, 11) is 0. The lowest BCUT2D eigenvalue weighted by molar-refractivity contribution is 0.171. The zero-order valence-corrected chi connectivity index (χ0v) is 7.99. The Kier molecular flexibility index (Phi) is 2.45. The number of halogens is 1. The van der Waals surface area contributed by atoms with Gasteiger partial charge in [-0.3, -0.25) is 0 Å². The average molecular weight is 214 g/mol. The number of hydrogen-bond donors (Lipinski definition) is 1. The van der Waals surface area contributed by atoms with E-state index in [9.17, 15) is 0 Å². The molecule has 0 saturated carbocycles. The third-order valence-corrected chi connectivity index (χ3v) is 2.11. The van der Waals surface area contributed by atoms with Crippen molar-refractivity contribution in [1.29, 1.82) is 0 Å². The first-order valence-corrected chi connectivity index (χ1v) is 4.45. The van der Waals surface area contributed by atoms with Crippen molar-refractivity contribution in [2.24, 2.45) is 5.16 Å². The van der Waals surface area contributed by atoms with Crippen LogP contribution in [-0.2, 0) is 0 Å². The maximum Gasteiger partial charge on any atom is 0.179 e. The molecule has 0 fully saturated rings. The van der Waals surface area contributed by atoms with Crippen molar-refractivity contribution in [3.8, 4) is 11.5 Å². The Morgan fingerprint density at radius 2 is 2.14 bits per heavy atom. The second kappa shape index (κ2) is 3.75. The molecule has 0 aromatic heterocycles.